The number of aryl methyl sites for hydroxylation is 1. The molecule has 1 spiro atoms. The first-order chi connectivity index (χ1) is 11.5. The van der Waals surface area contributed by atoms with Gasteiger partial charge in [0.1, 0.15) is 0 Å². The lowest BCUT2D eigenvalue weighted by atomic mass is 9.78. The van der Waals surface area contributed by atoms with Gasteiger partial charge in [0.2, 0.25) is 11.8 Å². The highest BCUT2D eigenvalue weighted by Crippen LogP contribution is 2.59. The molecule has 0 heterocycles. The molecule has 24 heavy (non-hydrogen) atoms. The maximum absolute atomic E-state index is 13.2. The highest BCUT2D eigenvalue weighted by Gasteiger charge is 2.56. The predicted octanol–water partition coefficient (Wildman–Crippen LogP) is 4.22. The van der Waals surface area contributed by atoms with Gasteiger partial charge in [0.15, 0.2) is 0 Å². The third kappa shape index (κ3) is 2.84. The van der Waals surface area contributed by atoms with Gasteiger partial charge in [-0.15, -0.1) is 0 Å². The number of carbonyl (C=O) groups is 1. The Hall–Kier alpha value is -1.45. The van der Waals surface area contributed by atoms with Crippen LogP contribution in [0.3, 0.4) is 0 Å². The van der Waals surface area contributed by atoms with E-state index in [2.05, 4.69) is 29.6 Å². The number of halogens is 2. The highest BCUT2D eigenvalue weighted by atomic mass is 19.3. The summed E-state index contributed by atoms with van der Waals surface area (Å²) in [5, 5.41) is 3.06. The lowest BCUT2D eigenvalue weighted by molar-refractivity contribution is -0.129. The smallest absolute Gasteiger partial charge is 0.248 e. The van der Waals surface area contributed by atoms with E-state index >= 15 is 0 Å². The highest BCUT2D eigenvalue weighted by molar-refractivity contribution is 5.78. The number of hydrogen-bond donors (Lipinski definition) is 1. The van der Waals surface area contributed by atoms with Crippen LogP contribution in [0.1, 0.15) is 56.1 Å². The van der Waals surface area contributed by atoms with Crippen molar-refractivity contribution < 1.29 is 13.6 Å². The van der Waals surface area contributed by atoms with Crippen LogP contribution in [0.2, 0.25) is 0 Å². The first kappa shape index (κ1) is 16.0. The Labute approximate surface area is 142 Å². The van der Waals surface area contributed by atoms with E-state index in [1.54, 1.807) is 0 Å². The molecule has 1 N–H and O–H groups in total. The lowest BCUT2D eigenvalue weighted by Gasteiger charge is -2.28. The minimum Gasteiger partial charge on any atom is -0.356 e. The summed E-state index contributed by atoms with van der Waals surface area (Å²) in [5.74, 6) is -2.30. The third-order valence-electron chi connectivity index (χ3n) is 6.47. The molecule has 0 aromatic heterocycles. The van der Waals surface area contributed by atoms with E-state index in [0.717, 1.165) is 12.8 Å². The minimum atomic E-state index is -2.57. The van der Waals surface area contributed by atoms with Crippen LogP contribution in [0.25, 0.3) is 0 Å². The van der Waals surface area contributed by atoms with Gasteiger partial charge in [-0.1, -0.05) is 24.3 Å². The fourth-order valence-corrected chi connectivity index (χ4v) is 4.91. The van der Waals surface area contributed by atoms with Gasteiger partial charge in [0, 0.05) is 30.7 Å². The molecule has 2 saturated carbocycles. The quantitative estimate of drug-likeness (QED) is 0.881. The number of rotatable bonds is 3. The summed E-state index contributed by atoms with van der Waals surface area (Å²) in [6, 6.07) is 8.70. The molecule has 4 heteroatoms. The normalized spacial score (nSPS) is 31.5. The SMILES string of the molecule is O=C(NC[C@H]1C[C@@]12CCCc1ccccc12)C1CCC(F)(F)CC1. The van der Waals surface area contributed by atoms with Crippen LogP contribution in [-0.2, 0) is 16.6 Å². The molecule has 1 amide bonds. The van der Waals surface area contributed by atoms with Crippen molar-refractivity contribution >= 4 is 5.91 Å². The monoisotopic (exact) mass is 333 g/mol. The van der Waals surface area contributed by atoms with Gasteiger partial charge in [-0.2, -0.15) is 0 Å². The van der Waals surface area contributed by atoms with Crippen LogP contribution in [0.5, 0.6) is 0 Å². The Morgan fingerprint density at radius 1 is 1.17 bits per heavy atom. The van der Waals surface area contributed by atoms with Crippen molar-refractivity contribution in [3.63, 3.8) is 0 Å². The summed E-state index contributed by atoms with van der Waals surface area (Å²) >= 11 is 0. The van der Waals surface area contributed by atoms with Gasteiger partial charge < -0.3 is 5.32 Å². The molecule has 4 rings (SSSR count). The number of alkyl halides is 2. The fraction of sp³-hybridized carbons (Fsp3) is 0.650. The molecular formula is C20H25F2NO. The second-order valence-corrected chi connectivity index (χ2v) is 7.94. The largest absolute Gasteiger partial charge is 0.356 e. The second-order valence-electron chi connectivity index (χ2n) is 7.94. The average molecular weight is 333 g/mol. The van der Waals surface area contributed by atoms with Crippen LogP contribution in [0, 0.1) is 11.8 Å². The van der Waals surface area contributed by atoms with Crippen molar-refractivity contribution in [3.8, 4) is 0 Å². The van der Waals surface area contributed by atoms with Crippen LogP contribution >= 0.6 is 0 Å². The number of hydrogen-bond acceptors (Lipinski definition) is 1. The van der Waals surface area contributed by atoms with Crippen molar-refractivity contribution in [1.82, 2.24) is 5.32 Å². The Balaban J connectivity index is 1.33. The van der Waals surface area contributed by atoms with Crippen LogP contribution in [-0.4, -0.2) is 18.4 Å². The van der Waals surface area contributed by atoms with Crippen molar-refractivity contribution in [3.05, 3.63) is 35.4 Å². The Bertz CT molecular complexity index is 634. The first-order valence-electron chi connectivity index (χ1n) is 9.24. The predicted molar refractivity (Wildman–Crippen MR) is 89.1 cm³/mol. The summed E-state index contributed by atoms with van der Waals surface area (Å²) in [4.78, 5) is 12.3. The molecule has 1 aromatic rings. The number of benzene rings is 1. The molecule has 0 aliphatic heterocycles. The van der Waals surface area contributed by atoms with E-state index < -0.39 is 5.92 Å². The molecule has 3 aliphatic rings. The van der Waals surface area contributed by atoms with E-state index in [4.69, 9.17) is 0 Å². The van der Waals surface area contributed by atoms with E-state index in [0.29, 0.717) is 25.3 Å². The molecule has 0 unspecified atom stereocenters. The lowest BCUT2D eigenvalue weighted by Crippen LogP contribution is -2.37. The molecule has 2 fully saturated rings. The molecule has 2 nitrogen and oxygen atoms in total. The minimum absolute atomic E-state index is 0.0170. The van der Waals surface area contributed by atoms with Crippen molar-refractivity contribution in [2.75, 3.05) is 6.54 Å². The third-order valence-corrected chi connectivity index (χ3v) is 6.47. The van der Waals surface area contributed by atoms with Gasteiger partial charge in [-0.05, 0) is 55.6 Å². The fourth-order valence-electron chi connectivity index (χ4n) is 4.91. The van der Waals surface area contributed by atoms with E-state index in [1.165, 1.54) is 24.0 Å². The topological polar surface area (TPSA) is 29.1 Å². The number of fused-ring (bicyclic) bond motifs is 2. The summed E-state index contributed by atoms with van der Waals surface area (Å²) in [5.41, 5.74) is 3.21. The maximum atomic E-state index is 13.2. The molecular weight excluding hydrogens is 308 g/mol. The zero-order valence-corrected chi connectivity index (χ0v) is 14.0. The standard InChI is InChI=1S/C20H25F2NO/c21-20(22)10-7-15(8-11-20)18(24)23-13-16-12-19(16)9-3-5-14-4-1-2-6-17(14)19/h1-2,4,6,15-16H,3,5,7-13H2,(H,23,24)/t16-,19+/m1/s1. The Morgan fingerprint density at radius 2 is 1.92 bits per heavy atom. The number of nitrogens with one attached hydrogen (secondary N) is 1. The summed E-state index contributed by atoms with van der Waals surface area (Å²) in [7, 11) is 0. The zero-order valence-electron chi connectivity index (χ0n) is 14.0. The van der Waals surface area contributed by atoms with Crippen molar-refractivity contribution in [2.24, 2.45) is 11.8 Å². The molecule has 0 radical (unpaired) electrons. The van der Waals surface area contributed by atoms with Crippen molar-refractivity contribution in [2.45, 2.75) is 62.7 Å². The van der Waals surface area contributed by atoms with Crippen molar-refractivity contribution in [1.29, 1.82) is 0 Å². The average Bonchev–Trinajstić information content (AvgIpc) is 3.26. The summed E-state index contributed by atoms with van der Waals surface area (Å²) in [6.07, 6.45) is 5.08. The van der Waals surface area contributed by atoms with Gasteiger partial charge in [-0.3, -0.25) is 4.79 Å². The summed E-state index contributed by atoms with van der Waals surface area (Å²) < 4.78 is 26.4. The molecule has 3 aliphatic carbocycles. The van der Waals surface area contributed by atoms with Gasteiger partial charge in [-0.25, -0.2) is 8.78 Å². The molecule has 0 saturated heterocycles. The Morgan fingerprint density at radius 3 is 2.71 bits per heavy atom. The van der Waals surface area contributed by atoms with E-state index in [-0.39, 0.29) is 30.1 Å². The van der Waals surface area contributed by atoms with Crippen LogP contribution < -0.4 is 5.32 Å². The molecule has 1 aromatic carbocycles. The zero-order chi connectivity index (χ0) is 16.8. The first-order valence-corrected chi connectivity index (χ1v) is 9.24. The molecule has 2 atom stereocenters. The number of carbonyl (C=O) groups excluding carboxylic acids is 1. The maximum Gasteiger partial charge on any atom is 0.248 e. The van der Waals surface area contributed by atoms with Gasteiger partial charge >= 0.3 is 0 Å². The Kier molecular flexibility index (Phi) is 3.89. The van der Waals surface area contributed by atoms with Gasteiger partial charge in [0.25, 0.3) is 0 Å². The molecule has 130 valence electrons. The number of amides is 1. The van der Waals surface area contributed by atoms with E-state index in [1.807, 2.05) is 0 Å². The van der Waals surface area contributed by atoms with Crippen LogP contribution in [0.4, 0.5) is 8.78 Å². The second kappa shape index (κ2) is 5.82. The van der Waals surface area contributed by atoms with Gasteiger partial charge in [0.05, 0.1) is 0 Å². The summed E-state index contributed by atoms with van der Waals surface area (Å²) in [6.45, 7) is 0.695. The van der Waals surface area contributed by atoms with Crippen LogP contribution in [0.15, 0.2) is 24.3 Å². The molecule has 0 bridgehead atoms. The van der Waals surface area contributed by atoms with E-state index in [9.17, 15) is 13.6 Å².